The summed E-state index contributed by atoms with van der Waals surface area (Å²) in [6.45, 7) is 5.61. The van der Waals surface area contributed by atoms with E-state index in [1.807, 2.05) is 25.1 Å². The van der Waals surface area contributed by atoms with Gasteiger partial charge in [-0.25, -0.2) is 18.0 Å². The van der Waals surface area contributed by atoms with Crippen LogP contribution in [0, 0.1) is 13.8 Å². The maximum Gasteiger partial charge on any atom is 0.339 e. The number of sulfonamides is 1. The number of anilines is 1. The molecule has 0 radical (unpaired) electrons. The Morgan fingerprint density at radius 3 is 2.16 bits per heavy atom. The summed E-state index contributed by atoms with van der Waals surface area (Å²) in [6.07, 6.45) is 0. The Morgan fingerprint density at radius 2 is 1.55 bits per heavy atom. The Kier molecular flexibility index (Phi) is 6.66. The Bertz CT molecular complexity index is 1100. The molecule has 1 fully saturated rings. The minimum atomic E-state index is -4.04. The molecule has 8 nitrogen and oxygen atoms in total. The number of esters is 2. The molecule has 0 saturated carbocycles. The topological polar surface area (TPSA) is 93.2 Å². The number of aryl methyl sites for hydroxylation is 1. The van der Waals surface area contributed by atoms with E-state index in [4.69, 9.17) is 4.74 Å². The average Bonchev–Trinajstić information content (AvgIpc) is 2.79. The third-order valence-electron chi connectivity index (χ3n) is 5.58. The van der Waals surface area contributed by atoms with Gasteiger partial charge in [0.25, 0.3) is 0 Å². The first-order valence-corrected chi connectivity index (χ1v) is 11.3. The number of piperazine rings is 1. The molecule has 1 saturated heterocycles. The molecule has 166 valence electrons. The summed E-state index contributed by atoms with van der Waals surface area (Å²) in [6, 6.07) is 9.85. The number of ether oxygens (including phenoxy) is 2. The van der Waals surface area contributed by atoms with Crippen LogP contribution < -0.4 is 4.90 Å². The van der Waals surface area contributed by atoms with E-state index in [1.165, 1.54) is 42.3 Å². The highest BCUT2D eigenvalue weighted by atomic mass is 32.2. The van der Waals surface area contributed by atoms with E-state index in [2.05, 4.69) is 16.6 Å². The fraction of sp³-hybridized carbons (Fsp3) is 0.364. The number of hydrogen-bond acceptors (Lipinski definition) is 7. The van der Waals surface area contributed by atoms with Crippen LogP contribution in [-0.2, 0) is 19.5 Å². The van der Waals surface area contributed by atoms with E-state index in [9.17, 15) is 18.0 Å². The Labute approximate surface area is 182 Å². The third-order valence-corrected chi connectivity index (χ3v) is 7.52. The van der Waals surface area contributed by atoms with Gasteiger partial charge < -0.3 is 14.4 Å². The van der Waals surface area contributed by atoms with Gasteiger partial charge in [-0.2, -0.15) is 4.31 Å². The van der Waals surface area contributed by atoms with Crippen molar-refractivity contribution in [2.75, 3.05) is 45.3 Å². The van der Waals surface area contributed by atoms with Crippen molar-refractivity contribution in [2.45, 2.75) is 18.7 Å². The lowest BCUT2D eigenvalue weighted by Gasteiger charge is -2.36. The van der Waals surface area contributed by atoms with Crippen molar-refractivity contribution in [1.82, 2.24) is 4.31 Å². The minimum absolute atomic E-state index is 0.0442. The van der Waals surface area contributed by atoms with Crippen LogP contribution in [0.15, 0.2) is 41.3 Å². The molecule has 0 aliphatic carbocycles. The Balaban J connectivity index is 1.91. The van der Waals surface area contributed by atoms with Gasteiger partial charge in [0.05, 0.1) is 30.2 Å². The van der Waals surface area contributed by atoms with Crippen LogP contribution >= 0.6 is 0 Å². The van der Waals surface area contributed by atoms with Gasteiger partial charge in [0, 0.05) is 31.9 Å². The van der Waals surface area contributed by atoms with Crippen LogP contribution in [0.1, 0.15) is 31.8 Å². The van der Waals surface area contributed by atoms with Crippen molar-refractivity contribution < 1.29 is 27.5 Å². The molecule has 2 aromatic rings. The summed E-state index contributed by atoms with van der Waals surface area (Å²) in [5, 5.41) is 0. The molecular formula is C22H26N2O6S. The molecule has 0 amide bonds. The molecule has 0 atom stereocenters. The van der Waals surface area contributed by atoms with Crippen LogP contribution in [0.25, 0.3) is 0 Å². The van der Waals surface area contributed by atoms with E-state index in [-0.39, 0.29) is 29.1 Å². The lowest BCUT2D eigenvalue weighted by Crippen LogP contribution is -2.49. The summed E-state index contributed by atoms with van der Waals surface area (Å²) in [4.78, 5) is 26.0. The molecule has 0 unspecified atom stereocenters. The van der Waals surface area contributed by atoms with E-state index in [1.54, 1.807) is 0 Å². The van der Waals surface area contributed by atoms with Crippen LogP contribution in [0.2, 0.25) is 0 Å². The Hall–Kier alpha value is -2.91. The number of rotatable bonds is 5. The molecule has 1 aliphatic heterocycles. The highest BCUT2D eigenvalue weighted by Crippen LogP contribution is 2.27. The maximum atomic E-state index is 13.4. The van der Waals surface area contributed by atoms with Gasteiger partial charge in [-0.05, 0) is 49.2 Å². The lowest BCUT2D eigenvalue weighted by molar-refractivity contribution is 0.0583. The Morgan fingerprint density at radius 1 is 0.903 bits per heavy atom. The highest BCUT2D eigenvalue weighted by Gasteiger charge is 2.33. The summed E-state index contributed by atoms with van der Waals surface area (Å²) >= 11 is 0. The van der Waals surface area contributed by atoms with Crippen molar-refractivity contribution >= 4 is 27.6 Å². The van der Waals surface area contributed by atoms with Crippen molar-refractivity contribution in [3.63, 3.8) is 0 Å². The second-order valence-electron chi connectivity index (χ2n) is 7.30. The zero-order chi connectivity index (χ0) is 22.8. The van der Waals surface area contributed by atoms with Gasteiger partial charge in [0.15, 0.2) is 0 Å². The molecule has 1 heterocycles. The van der Waals surface area contributed by atoms with Crippen molar-refractivity contribution in [3.05, 3.63) is 58.7 Å². The quantitative estimate of drug-likeness (QED) is 0.651. The molecule has 0 aromatic heterocycles. The number of carbonyl (C=O) groups is 2. The fourth-order valence-corrected chi connectivity index (χ4v) is 5.27. The summed E-state index contributed by atoms with van der Waals surface area (Å²) < 4.78 is 37.6. The second kappa shape index (κ2) is 9.07. The van der Waals surface area contributed by atoms with Crippen LogP contribution in [-0.4, -0.2) is 65.1 Å². The normalized spacial score (nSPS) is 14.9. The van der Waals surface area contributed by atoms with Gasteiger partial charge >= 0.3 is 11.9 Å². The lowest BCUT2D eigenvalue weighted by atomic mass is 10.1. The van der Waals surface area contributed by atoms with Gasteiger partial charge in [-0.3, -0.25) is 0 Å². The number of nitrogens with zero attached hydrogens (tertiary/aromatic N) is 2. The summed E-state index contributed by atoms with van der Waals surface area (Å²) in [5.41, 5.74) is 3.35. The van der Waals surface area contributed by atoms with E-state index >= 15 is 0 Å². The molecule has 3 rings (SSSR count). The van der Waals surface area contributed by atoms with Gasteiger partial charge in [-0.1, -0.05) is 12.1 Å². The summed E-state index contributed by atoms with van der Waals surface area (Å²) in [7, 11) is -1.66. The first kappa shape index (κ1) is 22.8. The van der Waals surface area contributed by atoms with Crippen molar-refractivity contribution in [1.29, 1.82) is 0 Å². The number of benzene rings is 2. The fourth-order valence-electron chi connectivity index (χ4n) is 3.65. The average molecular weight is 447 g/mol. The van der Waals surface area contributed by atoms with Crippen LogP contribution in [0.3, 0.4) is 0 Å². The van der Waals surface area contributed by atoms with E-state index in [0.29, 0.717) is 13.1 Å². The molecule has 31 heavy (non-hydrogen) atoms. The molecule has 9 heteroatoms. The molecule has 0 spiro atoms. The van der Waals surface area contributed by atoms with Crippen molar-refractivity contribution in [3.8, 4) is 0 Å². The van der Waals surface area contributed by atoms with Crippen LogP contribution in [0.4, 0.5) is 5.69 Å². The predicted molar refractivity (Wildman–Crippen MR) is 116 cm³/mol. The zero-order valence-corrected chi connectivity index (χ0v) is 18.9. The van der Waals surface area contributed by atoms with E-state index in [0.717, 1.165) is 11.3 Å². The van der Waals surface area contributed by atoms with Crippen molar-refractivity contribution in [2.24, 2.45) is 0 Å². The van der Waals surface area contributed by atoms with Gasteiger partial charge in [0.2, 0.25) is 10.0 Å². The first-order valence-electron chi connectivity index (χ1n) is 9.82. The molecule has 1 aliphatic rings. The van der Waals surface area contributed by atoms with Gasteiger partial charge in [-0.15, -0.1) is 0 Å². The van der Waals surface area contributed by atoms with Gasteiger partial charge in [0.1, 0.15) is 0 Å². The van der Waals surface area contributed by atoms with Crippen LogP contribution in [0.5, 0.6) is 0 Å². The standard InChI is InChI=1S/C22H26N2O6S/c1-15-6-5-7-19(16(15)2)23-10-12-24(13-11-23)31(27,28)20-14-17(21(25)29-3)8-9-18(20)22(26)30-4/h5-9,14H,10-13H2,1-4H3. The largest absolute Gasteiger partial charge is 0.465 e. The number of carbonyl (C=O) groups excluding carboxylic acids is 2. The molecule has 0 bridgehead atoms. The van der Waals surface area contributed by atoms with E-state index < -0.39 is 22.0 Å². The predicted octanol–water partition coefficient (Wildman–Crippen LogP) is 2.39. The molecular weight excluding hydrogens is 420 g/mol. The molecule has 0 N–H and O–H groups in total. The summed E-state index contributed by atoms with van der Waals surface area (Å²) in [5.74, 6) is -1.48. The molecule has 2 aromatic carbocycles. The number of hydrogen-bond donors (Lipinski definition) is 0. The monoisotopic (exact) mass is 446 g/mol. The second-order valence-corrected chi connectivity index (χ2v) is 9.21. The highest BCUT2D eigenvalue weighted by molar-refractivity contribution is 7.89. The third kappa shape index (κ3) is 4.42. The smallest absolute Gasteiger partial charge is 0.339 e. The zero-order valence-electron chi connectivity index (χ0n) is 18.0. The first-order chi connectivity index (χ1) is 14.7. The maximum absolute atomic E-state index is 13.4. The number of methoxy groups -OCH3 is 2. The SMILES string of the molecule is COC(=O)c1ccc(C(=O)OC)c(S(=O)(=O)N2CCN(c3cccc(C)c3C)CC2)c1. The minimum Gasteiger partial charge on any atom is -0.465 e.